The average Bonchev–Trinajstić information content (AvgIpc) is 2.98. The predicted octanol–water partition coefficient (Wildman–Crippen LogP) is 2.91. The van der Waals surface area contributed by atoms with Crippen molar-refractivity contribution in [2.45, 2.75) is 45.6 Å². The van der Waals surface area contributed by atoms with Crippen LogP contribution in [-0.2, 0) is 11.3 Å². The highest BCUT2D eigenvalue weighted by atomic mass is 16.5. The van der Waals surface area contributed by atoms with Crippen LogP contribution in [-0.4, -0.2) is 23.4 Å². The number of nitrogens with zero attached hydrogens (tertiary/aromatic N) is 1. The molecule has 0 aromatic carbocycles. The molecule has 1 aromatic rings. The first-order valence-electron chi connectivity index (χ1n) is 6.63. The summed E-state index contributed by atoms with van der Waals surface area (Å²) in [6.07, 6.45) is 8.53. The molecule has 17 heavy (non-hydrogen) atoms. The Hall–Kier alpha value is -1.03. The first-order chi connectivity index (χ1) is 8.40. The van der Waals surface area contributed by atoms with Crippen LogP contribution in [0.1, 0.15) is 44.6 Å². The second-order valence-electron chi connectivity index (χ2n) is 4.64. The van der Waals surface area contributed by atoms with Gasteiger partial charge in [-0.05, 0) is 19.3 Å². The molecule has 96 valence electrons. The average molecular weight is 238 g/mol. The van der Waals surface area contributed by atoms with E-state index in [9.17, 15) is 0 Å². The minimum absolute atomic E-state index is 0.575. The van der Waals surface area contributed by atoms with E-state index in [-0.39, 0.29) is 0 Å². The first kappa shape index (κ1) is 12.4. The molecule has 1 N–H and O–H groups in total. The first-order valence-corrected chi connectivity index (χ1v) is 6.63. The van der Waals surface area contributed by atoms with E-state index in [4.69, 9.17) is 9.47 Å². The van der Waals surface area contributed by atoms with Crippen LogP contribution in [0, 0.1) is 5.92 Å². The van der Waals surface area contributed by atoms with E-state index >= 15 is 0 Å². The molecule has 0 atom stereocenters. The quantitative estimate of drug-likeness (QED) is 0.794. The van der Waals surface area contributed by atoms with Crippen molar-refractivity contribution in [2.75, 3.05) is 13.2 Å². The van der Waals surface area contributed by atoms with Gasteiger partial charge in [0.1, 0.15) is 0 Å². The van der Waals surface area contributed by atoms with Crippen molar-refractivity contribution < 1.29 is 9.47 Å². The zero-order chi connectivity index (χ0) is 11.9. The predicted molar refractivity (Wildman–Crippen MR) is 66.0 cm³/mol. The molecule has 0 saturated heterocycles. The molecular weight excluding hydrogens is 216 g/mol. The summed E-state index contributed by atoms with van der Waals surface area (Å²) in [7, 11) is 0. The van der Waals surface area contributed by atoms with Crippen LogP contribution in [0.2, 0.25) is 0 Å². The van der Waals surface area contributed by atoms with Gasteiger partial charge in [0.25, 0.3) is 0 Å². The lowest BCUT2D eigenvalue weighted by Gasteiger charge is -2.09. The summed E-state index contributed by atoms with van der Waals surface area (Å²) in [6.45, 7) is 4.05. The van der Waals surface area contributed by atoms with Crippen molar-refractivity contribution in [2.24, 2.45) is 5.92 Å². The van der Waals surface area contributed by atoms with Crippen LogP contribution >= 0.6 is 0 Å². The molecule has 1 heterocycles. The van der Waals surface area contributed by atoms with E-state index in [1.54, 1.807) is 0 Å². The molecule has 0 bridgehead atoms. The Morgan fingerprint density at radius 1 is 1.41 bits per heavy atom. The number of hydrogen-bond donors (Lipinski definition) is 1. The Morgan fingerprint density at radius 3 is 3.00 bits per heavy atom. The van der Waals surface area contributed by atoms with E-state index in [0.29, 0.717) is 19.1 Å². The molecule has 0 radical (unpaired) electrons. The maximum absolute atomic E-state index is 5.71. The fourth-order valence-electron chi connectivity index (χ4n) is 2.36. The Balaban J connectivity index is 1.72. The van der Waals surface area contributed by atoms with Gasteiger partial charge in [0, 0.05) is 12.8 Å². The van der Waals surface area contributed by atoms with Gasteiger partial charge in [0.2, 0.25) is 5.88 Å². The summed E-state index contributed by atoms with van der Waals surface area (Å²) in [5.74, 6) is 1.57. The Bertz CT molecular complexity index is 319. The highest BCUT2D eigenvalue weighted by Crippen LogP contribution is 2.27. The van der Waals surface area contributed by atoms with Crippen molar-refractivity contribution in [1.82, 2.24) is 10.2 Å². The van der Waals surface area contributed by atoms with Gasteiger partial charge in [-0.3, -0.25) is 5.10 Å². The van der Waals surface area contributed by atoms with Gasteiger partial charge in [-0.15, -0.1) is 5.10 Å². The lowest BCUT2D eigenvalue weighted by Crippen LogP contribution is -2.05. The van der Waals surface area contributed by atoms with Gasteiger partial charge in [-0.1, -0.05) is 25.7 Å². The number of hydrogen-bond acceptors (Lipinski definition) is 3. The minimum atomic E-state index is 0.575. The van der Waals surface area contributed by atoms with E-state index in [1.165, 1.54) is 25.7 Å². The van der Waals surface area contributed by atoms with Crippen LogP contribution in [0.4, 0.5) is 0 Å². The SMILES string of the molecule is CCOCc1c[nH]nc1OCCC1CCCC1. The van der Waals surface area contributed by atoms with E-state index in [1.807, 2.05) is 13.1 Å². The molecule has 1 fully saturated rings. The summed E-state index contributed by atoms with van der Waals surface area (Å²) in [6, 6.07) is 0. The van der Waals surface area contributed by atoms with Crippen LogP contribution in [0.5, 0.6) is 5.88 Å². The summed E-state index contributed by atoms with van der Waals surface area (Å²) >= 11 is 0. The largest absolute Gasteiger partial charge is 0.476 e. The third-order valence-corrected chi connectivity index (χ3v) is 3.38. The molecule has 0 unspecified atom stereocenters. The fourth-order valence-corrected chi connectivity index (χ4v) is 2.36. The third kappa shape index (κ3) is 3.73. The molecular formula is C13H22N2O2. The number of aromatic amines is 1. The van der Waals surface area contributed by atoms with E-state index < -0.39 is 0 Å². The van der Waals surface area contributed by atoms with Gasteiger partial charge < -0.3 is 9.47 Å². The molecule has 1 aromatic heterocycles. The van der Waals surface area contributed by atoms with Crippen molar-refractivity contribution in [1.29, 1.82) is 0 Å². The van der Waals surface area contributed by atoms with Crippen molar-refractivity contribution >= 4 is 0 Å². The monoisotopic (exact) mass is 238 g/mol. The summed E-state index contributed by atoms with van der Waals surface area (Å²) in [5.41, 5.74) is 1.01. The van der Waals surface area contributed by atoms with Gasteiger partial charge in [0.05, 0.1) is 18.8 Å². The number of H-pyrrole nitrogens is 1. The van der Waals surface area contributed by atoms with Crippen LogP contribution < -0.4 is 4.74 Å². The van der Waals surface area contributed by atoms with E-state index in [2.05, 4.69) is 10.2 Å². The molecule has 0 aliphatic heterocycles. The number of nitrogens with one attached hydrogen (secondary N) is 1. The van der Waals surface area contributed by atoms with Crippen LogP contribution in [0.3, 0.4) is 0 Å². The van der Waals surface area contributed by atoms with Crippen LogP contribution in [0.25, 0.3) is 0 Å². The molecule has 4 nitrogen and oxygen atoms in total. The molecule has 2 rings (SSSR count). The maximum Gasteiger partial charge on any atom is 0.238 e. The fraction of sp³-hybridized carbons (Fsp3) is 0.769. The summed E-state index contributed by atoms with van der Waals surface area (Å²) in [5, 5.41) is 6.94. The van der Waals surface area contributed by atoms with Crippen molar-refractivity contribution in [3.8, 4) is 5.88 Å². The lowest BCUT2D eigenvalue weighted by atomic mass is 10.1. The minimum Gasteiger partial charge on any atom is -0.476 e. The highest BCUT2D eigenvalue weighted by molar-refractivity contribution is 5.21. The Morgan fingerprint density at radius 2 is 2.24 bits per heavy atom. The van der Waals surface area contributed by atoms with Gasteiger partial charge in [0.15, 0.2) is 0 Å². The smallest absolute Gasteiger partial charge is 0.238 e. The zero-order valence-electron chi connectivity index (χ0n) is 10.6. The molecule has 1 aliphatic rings. The van der Waals surface area contributed by atoms with E-state index in [0.717, 1.165) is 24.5 Å². The summed E-state index contributed by atoms with van der Waals surface area (Å²) < 4.78 is 11.1. The van der Waals surface area contributed by atoms with Gasteiger partial charge in [-0.2, -0.15) is 0 Å². The molecule has 1 aliphatic carbocycles. The highest BCUT2D eigenvalue weighted by Gasteiger charge is 2.15. The standard InChI is InChI=1S/C13H22N2O2/c1-2-16-10-12-9-14-15-13(12)17-8-7-11-5-3-4-6-11/h9,11H,2-8,10H2,1H3,(H,14,15). The molecule has 0 spiro atoms. The van der Waals surface area contributed by atoms with Crippen LogP contribution in [0.15, 0.2) is 6.20 Å². The van der Waals surface area contributed by atoms with Gasteiger partial charge in [-0.25, -0.2) is 0 Å². The Labute approximate surface area is 103 Å². The molecule has 0 amide bonds. The topological polar surface area (TPSA) is 47.1 Å². The normalized spacial score (nSPS) is 16.5. The number of rotatable bonds is 7. The zero-order valence-corrected chi connectivity index (χ0v) is 10.6. The Kier molecular flexibility index (Phi) is 4.86. The number of aromatic nitrogens is 2. The molecule has 1 saturated carbocycles. The van der Waals surface area contributed by atoms with Crippen molar-refractivity contribution in [3.63, 3.8) is 0 Å². The number of ether oxygens (including phenoxy) is 2. The summed E-state index contributed by atoms with van der Waals surface area (Å²) in [4.78, 5) is 0. The second-order valence-corrected chi connectivity index (χ2v) is 4.64. The van der Waals surface area contributed by atoms with Gasteiger partial charge >= 0.3 is 0 Å². The second kappa shape index (κ2) is 6.64. The molecule has 4 heteroatoms. The third-order valence-electron chi connectivity index (χ3n) is 3.38. The van der Waals surface area contributed by atoms with Crippen molar-refractivity contribution in [3.05, 3.63) is 11.8 Å². The maximum atomic E-state index is 5.71. The lowest BCUT2D eigenvalue weighted by molar-refractivity contribution is 0.130.